The van der Waals surface area contributed by atoms with Crippen LogP contribution < -0.4 is 5.32 Å². The van der Waals surface area contributed by atoms with Crippen molar-refractivity contribution < 1.29 is 14.3 Å². The highest BCUT2D eigenvalue weighted by molar-refractivity contribution is 5.78. The van der Waals surface area contributed by atoms with Gasteiger partial charge in [-0.05, 0) is 19.4 Å². The number of hydrogen-bond acceptors (Lipinski definition) is 4. The van der Waals surface area contributed by atoms with Gasteiger partial charge in [0.15, 0.2) is 0 Å². The molecule has 0 saturated carbocycles. The minimum Gasteiger partial charge on any atom is -0.381 e. The van der Waals surface area contributed by atoms with Gasteiger partial charge in [-0.15, -0.1) is 0 Å². The Labute approximate surface area is 103 Å². The van der Waals surface area contributed by atoms with Crippen LogP contribution >= 0.6 is 0 Å². The molecule has 1 fully saturated rings. The lowest BCUT2D eigenvalue weighted by molar-refractivity contribution is -0.134. The van der Waals surface area contributed by atoms with E-state index in [-0.39, 0.29) is 5.91 Å². The summed E-state index contributed by atoms with van der Waals surface area (Å²) in [6, 6.07) is 0. The van der Waals surface area contributed by atoms with Gasteiger partial charge in [0.1, 0.15) is 0 Å². The van der Waals surface area contributed by atoms with Crippen LogP contribution in [0.15, 0.2) is 0 Å². The normalized spacial score (nSPS) is 16.2. The molecule has 0 atom stereocenters. The third-order valence-corrected chi connectivity index (χ3v) is 2.63. The number of carbonyl (C=O) groups excluding carboxylic acids is 1. The first-order chi connectivity index (χ1) is 8.34. The van der Waals surface area contributed by atoms with Crippen LogP contribution in [-0.4, -0.2) is 63.4 Å². The van der Waals surface area contributed by atoms with Gasteiger partial charge in [0.05, 0.1) is 19.8 Å². The van der Waals surface area contributed by atoms with E-state index < -0.39 is 0 Å². The highest BCUT2D eigenvalue weighted by Crippen LogP contribution is 1.96. The maximum absolute atomic E-state index is 11.7. The van der Waals surface area contributed by atoms with Crippen LogP contribution in [0.4, 0.5) is 0 Å². The SMILES string of the molecule is CCCOCCCNCC(=O)N1CCOCC1. The molecular weight excluding hydrogens is 220 g/mol. The Hall–Kier alpha value is -0.650. The third kappa shape index (κ3) is 6.61. The quantitative estimate of drug-likeness (QED) is 0.622. The van der Waals surface area contributed by atoms with Crippen molar-refractivity contribution in [2.24, 2.45) is 0 Å². The number of carbonyl (C=O) groups is 1. The minimum absolute atomic E-state index is 0.169. The smallest absolute Gasteiger partial charge is 0.236 e. The monoisotopic (exact) mass is 244 g/mol. The van der Waals surface area contributed by atoms with E-state index in [0.717, 1.165) is 45.7 Å². The highest BCUT2D eigenvalue weighted by Gasteiger charge is 2.15. The Balaban J connectivity index is 1.92. The van der Waals surface area contributed by atoms with Gasteiger partial charge in [-0.25, -0.2) is 0 Å². The highest BCUT2D eigenvalue weighted by atomic mass is 16.5. The topological polar surface area (TPSA) is 50.8 Å². The lowest BCUT2D eigenvalue weighted by atomic mass is 10.4. The van der Waals surface area contributed by atoms with Crippen molar-refractivity contribution in [2.45, 2.75) is 19.8 Å². The lowest BCUT2D eigenvalue weighted by Gasteiger charge is -2.26. The summed E-state index contributed by atoms with van der Waals surface area (Å²) in [7, 11) is 0. The van der Waals surface area contributed by atoms with Crippen LogP contribution in [0.2, 0.25) is 0 Å². The molecule has 0 unspecified atom stereocenters. The fraction of sp³-hybridized carbons (Fsp3) is 0.917. The molecule has 5 heteroatoms. The Bertz CT molecular complexity index is 206. The molecular formula is C12H24N2O3. The second kappa shape index (κ2) is 9.39. The zero-order valence-electron chi connectivity index (χ0n) is 10.7. The molecule has 1 aliphatic rings. The van der Waals surface area contributed by atoms with Gasteiger partial charge in [0, 0.05) is 26.3 Å². The Morgan fingerprint density at radius 3 is 2.82 bits per heavy atom. The fourth-order valence-electron chi connectivity index (χ4n) is 1.67. The second-order valence-electron chi connectivity index (χ2n) is 4.14. The van der Waals surface area contributed by atoms with Crippen molar-refractivity contribution in [2.75, 3.05) is 52.6 Å². The predicted molar refractivity (Wildman–Crippen MR) is 66.0 cm³/mol. The summed E-state index contributed by atoms with van der Waals surface area (Å²) in [6.45, 7) is 7.72. The molecule has 0 aromatic carbocycles. The van der Waals surface area contributed by atoms with Crippen molar-refractivity contribution in [3.8, 4) is 0 Å². The van der Waals surface area contributed by atoms with Crippen LogP contribution in [0.5, 0.6) is 0 Å². The molecule has 0 bridgehead atoms. The maximum atomic E-state index is 11.7. The minimum atomic E-state index is 0.169. The summed E-state index contributed by atoms with van der Waals surface area (Å²) in [5.74, 6) is 0.169. The summed E-state index contributed by atoms with van der Waals surface area (Å²) in [6.07, 6.45) is 2.01. The largest absolute Gasteiger partial charge is 0.381 e. The van der Waals surface area contributed by atoms with Gasteiger partial charge in [-0.3, -0.25) is 4.79 Å². The second-order valence-corrected chi connectivity index (χ2v) is 4.14. The van der Waals surface area contributed by atoms with Gasteiger partial charge in [0.2, 0.25) is 5.91 Å². The average molecular weight is 244 g/mol. The molecule has 17 heavy (non-hydrogen) atoms. The van der Waals surface area contributed by atoms with Crippen molar-refractivity contribution in [3.05, 3.63) is 0 Å². The molecule has 0 radical (unpaired) electrons. The zero-order valence-corrected chi connectivity index (χ0v) is 10.7. The summed E-state index contributed by atoms with van der Waals surface area (Å²) in [5.41, 5.74) is 0. The summed E-state index contributed by atoms with van der Waals surface area (Å²) < 4.78 is 10.6. The zero-order chi connectivity index (χ0) is 12.3. The van der Waals surface area contributed by atoms with E-state index in [4.69, 9.17) is 9.47 Å². The summed E-state index contributed by atoms with van der Waals surface area (Å²) in [4.78, 5) is 13.6. The average Bonchev–Trinajstić information content (AvgIpc) is 2.38. The fourth-order valence-corrected chi connectivity index (χ4v) is 1.67. The number of morpholine rings is 1. The molecule has 1 saturated heterocycles. The first-order valence-corrected chi connectivity index (χ1v) is 6.48. The number of nitrogens with zero attached hydrogens (tertiary/aromatic N) is 1. The van der Waals surface area contributed by atoms with Gasteiger partial charge >= 0.3 is 0 Å². The number of ether oxygens (including phenoxy) is 2. The number of hydrogen-bond donors (Lipinski definition) is 1. The number of nitrogens with one attached hydrogen (secondary N) is 1. The van der Waals surface area contributed by atoms with E-state index >= 15 is 0 Å². The van der Waals surface area contributed by atoms with Crippen LogP contribution in [0.3, 0.4) is 0 Å². The van der Waals surface area contributed by atoms with E-state index in [9.17, 15) is 4.79 Å². The molecule has 1 rings (SSSR count). The first kappa shape index (κ1) is 14.4. The van der Waals surface area contributed by atoms with Gasteiger partial charge in [-0.2, -0.15) is 0 Å². The molecule has 1 amide bonds. The molecule has 0 spiro atoms. The van der Waals surface area contributed by atoms with E-state index in [1.807, 2.05) is 4.90 Å². The van der Waals surface area contributed by atoms with E-state index in [1.165, 1.54) is 0 Å². The molecule has 1 N–H and O–H groups in total. The van der Waals surface area contributed by atoms with Crippen molar-refractivity contribution in [1.29, 1.82) is 0 Å². The third-order valence-electron chi connectivity index (χ3n) is 2.63. The molecule has 1 heterocycles. The first-order valence-electron chi connectivity index (χ1n) is 6.48. The van der Waals surface area contributed by atoms with Gasteiger partial charge < -0.3 is 19.7 Å². The molecule has 1 aliphatic heterocycles. The summed E-state index contributed by atoms with van der Waals surface area (Å²) >= 11 is 0. The molecule has 0 aromatic heterocycles. The lowest BCUT2D eigenvalue weighted by Crippen LogP contribution is -2.44. The van der Waals surface area contributed by atoms with Crippen molar-refractivity contribution >= 4 is 5.91 Å². The molecule has 5 nitrogen and oxygen atoms in total. The van der Waals surface area contributed by atoms with Crippen LogP contribution in [-0.2, 0) is 14.3 Å². The van der Waals surface area contributed by atoms with E-state index in [0.29, 0.717) is 19.8 Å². The number of rotatable bonds is 8. The molecule has 100 valence electrons. The Morgan fingerprint density at radius 2 is 2.12 bits per heavy atom. The predicted octanol–water partition coefficient (Wildman–Crippen LogP) is 0.252. The summed E-state index contributed by atoms with van der Waals surface area (Å²) in [5, 5.41) is 3.15. The van der Waals surface area contributed by atoms with Crippen LogP contribution in [0, 0.1) is 0 Å². The maximum Gasteiger partial charge on any atom is 0.236 e. The Morgan fingerprint density at radius 1 is 1.35 bits per heavy atom. The standard InChI is InChI=1S/C12H24N2O3/c1-2-7-16-8-3-4-13-11-12(15)14-5-9-17-10-6-14/h13H,2-11H2,1H3. The van der Waals surface area contributed by atoms with Crippen molar-refractivity contribution in [1.82, 2.24) is 10.2 Å². The molecule has 0 aliphatic carbocycles. The van der Waals surface area contributed by atoms with E-state index in [1.54, 1.807) is 0 Å². The van der Waals surface area contributed by atoms with Crippen LogP contribution in [0.25, 0.3) is 0 Å². The van der Waals surface area contributed by atoms with Crippen LogP contribution in [0.1, 0.15) is 19.8 Å². The van der Waals surface area contributed by atoms with Gasteiger partial charge in [-0.1, -0.05) is 6.92 Å². The number of amides is 1. The molecule has 0 aromatic rings. The van der Waals surface area contributed by atoms with Crippen molar-refractivity contribution in [3.63, 3.8) is 0 Å². The van der Waals surface area contributed by atoms with Gasteiger partial charge in [0.25, 0.3) is 0 Å². The Kier molecular flexibility index (Phi) is 7.96. The van der Waals surface area contributed by atoms with E-state index in [2.05, 4.69) is 12.2 Å².